The minimum Gasteiger partial charge on any atom is -0.484 e. The summed E-state index contributed by atoms with van der Waals surface area (Å²) in [6.07, 6.45) is 0.546. The number of carbonyl (C=O) groups excluding carboxylic acids is 2. The minimum absolute atomic E-state index is 0.0735. The molecule has 1 unspecified atom stereocenters. The Balaban J connectivity index is 1.52. The number of aromatic nitrogens is 2. The van der Waals surface area contributed by atoms with Gasteiger partial charge in [-0.3, -0.25) is 9.59 Å². The molecule has 0 radical (unpaired) electrons. The molecule has 1 aliphatic rings. The smallest absolute Gasteiger partial charge is 0.276 e. The van der Waals surface area contributed by atoms with E-state index >= 15 is 0 Å². The van der Waals surface area contributed by atoms with Crippen LogP contribution in [0.25, 0.3) is 0 Å². The van der Waals surface area contributed by atoms with Crippen LogP contribution in [-0.4, -0.2) is 39.6 Å². The molecule has 0 saturated carbocycles. The van der Waals surface area contributed by atoms with Crippen LogP contribution in [0.5, 0.6) is 5.75 Å². The fraction of sp³-hybridized carbons (Fsp3) is 0.179. The summed E-state index contributed by atoms with van der Waals surface area (Å²) >= 11 is 0. The fourth-order valence-electron chi connectivity index (χ4n) is 4.42. The second kappa shape index (κ2) is 10.0. The average Bonchev–Trinajstić information content (AvgIpc) is 3.29. The number of carbonyl (C=O) groups is 2. The van der Waals surface area contributed by atoms with E-state index in [0.29, 0.717) is 19.5 Å². The molecule has 2 N–H and O–H groups in total. The van der Waals surface area contributed by atoms with Gasteiger partial charge in [0.2, 0.25) is 0 Å². The van der Waals surface area contributed by atoms with Crippen LogP contribution in [0.4, 0.5) is 4.39 Å². The molecule has 36 heavy (non-hydrogen) atoms. The molecule has 0 bridgehead atoms. The van der Waals surface area contributed by atoms with Crippen LogP contribution in [0.2, 0.25) is 0 Å². The molecule has 4 aromatic rings. The summed E-state index contributed by atoms with van der Waals surface area (Å²) in [6, 6.07) is 25.0. The number of primary amides is 1. The summed E-state index contributed by atoms with van der Waals surface area (Å²) in [5.41, 5.74) is 8.51. The van der Waals surface area contributed by atoms with Gasteiger partial charge in [-0.15, -0.1) is 0 Å². The van der Waals surface area contributed by atoms with Gasteiger partial charge in [-0.2, -0.15) is 5.10 Å². The maximum absolute atomic E-state index is 13.7. The molecule has 182 valence electrons. The van der Waals surface area contributed by atoms with E-state index in [-0.39, 0.29) is 41.5 Å². The lowest BCUT2D eigenvalue weighted by atomic mass is 10.0. The number of rotatable bonds is 8. The van der Waals surface area contributed by atoms with Crippen molar-refractivity contribution in [3.8, 4) is 5.75 Å². The molecule has 0 aliphatic carbocycles. The molecule has 2 heterocycles. The van der Waals surface area contributed by atoms with Crippen molar-refractivity contribution in [1.29, 1.82) is 0 Å². The highest BCUT2D eigenvalue weighted by Gasteiger charge is 2.39. The second-order valence-electron chi connectivity index (χ2n) is 8.66. The van der Waals surface area contributed by atoms with E-state index in [2.05, 4.69) is 5.10 Å². The Kier molecular flexibility index (Phi) is 6.49. The Hall–Kier alpha value is -4.46. The zero-order valence-electron chi connectivity index (χ0n) is 19.5. The molecule has 2 amide bonds. The van der Waals surface area contributed by atoms with Crippen molar-refractivity contribution < 1.29 is 18.7 Å². The van der Waals surface area contributed by atoms with Gasteiger partial charge in [-0.05, 0) is 35.2 Å². The van der Waals surface area contributed by atoms with E-state index < -0.39 is 5.91 Å². The molecular formula is C28H25FN4O3. The zero-order chi connectivity index (χ0) is 25.1. The van der Waals surface area contributed by atoms with E-state index in [1.165, 1.54) is 12.1 Å². The van der Waals surface area contributed by atoms with E-state index in [9.17, 15) is 14.0 Å². The Morgan fingerprint density at radius 2 is 1.64 bits per heavy atom. The lowest BCUT2D eigenvalue weighted by molar-refractivity contribution is 0.0671. The van der Waals surface area contributed by atoms with Crippen molar-refractivity contribution in [1.82, 2.24) is 14.7 Å². The molecule has 1 aromatic heterocycles. The van der Waals surface area contributed by atoms with E-state index in [0.717, 1.165) is 16.7 Å². The van der Waals surface area contributed by atoms with Gasteiger partial charge in [-0.1, -0.05) is 72.8 Å². The molecule has 0 saturated heterocycles. The van der Waals surface area contributed by atoms with Gasteiger partial charge in [-0.25, -0.2) is 9.07 Å². The van der Waals surface area contributed by atoms with Crippen LogP contribution in [-0.2, 0) is 13.0 Å². The number of nitrogens with two attached hydrogens (primary N) is 1. The van der Waals surface area contributed by atoms with Crippen molar-refractivity contribution in [2.75, 3.05) is 13.1 Å². The molecule has 3 aromatic carbocycles. The Labute approximate surface area is 207 Å². The van der Waals surface area contributed by atoms with Crippen LogP contribution in [0, 0.1) is 5.82 Å². The maximum atomic E-state index is 13.7. The Bertz CT molecular complexity index is 1370. The van der Waals surface area contributed by atoms with Gasteiger partial charge < -0.3 is 15.4 Å². The first-order valence-electron chi connectivity index (χ1n) is 11.7. The van der Waals surface area contributed by atoms with Crippen LogP contribution in [0.15, 0.2) is 84.9 Å². The lowest BCUT2D eigenvalue weighted by Crippen LogP contribution is -2.44. The Morgan fingerprint density at radius 3 is 2.31 bits per heavy atom. The van der Waals surface area contributed by atoms with E-state index in [1.54, 1.807) is 21.7 Å². The third-order valence-electron chi connectivity index (χ3n) is 6.27. The lowest BCUT2D eigenvalue weighted by Gasteiger charge is -2.34. The van der Waals surface area contributed by atoms with Gasteiger partial charge in [0, 0.05) is 13.1 Å². The molecule has 0 spiro atoms. The maximum Gasteiger partial charge on any atom is 0.276 e. The van der Waals surface area contributed by atoms with E-state index in [1.807, 2.05) is 60.7 Å². The van der Waals surface area contributed by atoms with Crippen molar-refractivity contribution >= 4 is 11.8 Å². The number of nitrogens with zero attached hydrogens (tertiary/aromatic N) is 3. The number of amides is 2. The molecule has 8 heteroatoms. The van der Waals surface area contributed by atoms with Crippen molar-refractivity contribution in [2.45, 2.75) is 19.1 Å². The molecule has 1 atom stereocenters. The number of benzene rings is 3. The van der Waals surface area contributed by atoms with Crippen LogP contribution in [0.1, 0.15) is 43.7 Å². The second-order valence-corrected chi connectivity index (χ2v) is 8.66. The highest BCUT2D eigenvalue weighted by Crippen LogP contribution is 2.35. The molecule has 5 rings (SSSR count). The topological polar surface area (TPSA) is 90.5 Å². The molecule has 0 fully saturated rings. The normalized spacial score (nSPS) is 15.0. The van der Waals surface area contributed by atoms with Crippen molar-refractivity contribution in [3.63, 3.8) is 0 Å². The third kappa shape index (κ3) is 4.70. The SMILES string of the molecule is NC(=O)c1nn2c(c1OCc1ccccc1)C(=O)N(CCc1ccc(F)cc1)CC2c1ccccc1. The quantitative estimate of drug-likeness (QED) is 0.410. The first kappa shape index (κ1) is 23.3. The number of halogens is 1. The van der Waals surface area contributed by atoms with E-state index in [4.69, 9.17) is 10.5 Å². The standard InChI is InChI=1S/C28H25FN4O3/c29-22-13-11-19(12-14-22)15-16-32-17-23(21-9-5-2-6-10-21)33-25(28(32)35)26(24(31-33)27(30)34)36-18-20-7-3-1-4-8-20/h1-14,23H,15-18H2,(H2,30,34). The molecule has 7 nitrogen and oxygen atoms in total. The van der Waals surface area contributed by atoms with Gasteiger partial charge in [0.05, 0.1) is 6.04 Å². The highest BCUT2D eigenvalue weighted by atomic mass is 19.1. The number of fused-ring (bicyclic) bond motifs is 1. The molecular weight excluding hydrogens is 459 g/mol. The monoisotopic (exact) mass is 484 g/mol. The van der Waals surface area contributed by atoms with Crippen molar-refractivity contribution in [3.05, 3.63) is 119 Å². The summed E-state index contributed by atoms with van der Waals surface area (Å²) in [7, 11) is 0. The fourth-order valence-corrected chi connectivity index (χ4v) is 4.42. The largest absolute Gasteiger partial charge is 0.484 e. The number of hydrogen-bond acceptors (Lipinski definition) is 4. The third-order valence-corrected chi connectivity index (χ3v) is 6.27. The minimum atomic E-state index is -0.766. The van der Waals surface area contributed by atoms with Gasteiger partial charge >= 0.3 is 0 Å². The first-order valence-corrected chi connectivity index (χ1v) is 11.7. The van der Waals surface area contributed by atoms with Crippen LogP contribution in [0.3, 0.4) is 0 Å². The van der Waals surface area contributed by atoms with Gasteiger partial charge in [0.25, 0.3) is 11.8 Å². The zero-order valence-corrected chi connectivity index (χ0v) is 19.5. The molecule has 1 aliphatic heterocycles. The van der Waals surface area contributed by atoms with Gasteiger partial charge in [0.1, 0.15) is 12.4 Å². The predicted octanol–water partition coefficient (Wildman–Crippen LogP) is 3.99. The summed E-state index contributed by atoms with van der Waals surface area (Å²) in [4.78, 5) is 27.8. The summed E-state index contributed by atoms with van der Waals surface area (Å²) < 4.78 is 20.9. The highest BCUT2D eigenvalue weighted by molar-refractivity contribution is 6.02. The van der Waals surface area contributed by atoms with Crippen LogP contribution < -0.4 is 10.5 Å². The van der Waals surface area contributed by atoms with Gasteiger partial charge in [0.15, 0.2) is 17.1 Å². The van der Waals surface area contributed by atoms with Crippen molar-refractivity contribution in [2.24, 2.45) is 5.73 Å². The summed E-state index contributed by atoms with van der Waals surface area (Å²) in [5, 5.41) is 4.46. The van der Waals surface area contributed by atoms with Crippen LogP contribution >= 0.6 is 0 Å². The Morgan fingerprint density at radius 1 is 0.972 bits per heavy atom. The predicted molar refractivity (Wildman–Crippen MR) is 132 cm³/mol. The summed E-state index contributed by atoms with van der Waals surface area (Å²) in [6.45, 7) is 0.913. The average molecular weight is 485 g/mol. The summed E-state index contributed by atoms with van der Waals surface area (Å²) in [5.74, 6) is -1.28. The first-order chi connectivity index (χ1) is 17.5. The number of hydrogen-bond donors (Lipinski definition) is 1. The number of ether oxygens (including phenoxy) is 1.